The number of fused-ring (bicyclic) bond motifs is 1. The topological polar surface area (TPSA) is 93.7 Å². The van der Waals surface area contributed by atoms with Gasteiger partial charge >= 0.3 is 6.36 Å². The van der Waals surface area contributed by atoms with Gasteiger partial charge in [-0.25, -0.2) is 13.1 Å². The number of benzene rings is 2. The van der Waals surface area contributed by atoms with E-state index in [2.05, 4.69) is 30.7 Å². The van der Waals surface area contributed by atoms with Crippen molar-refractivity contribution in [2.45, 2.75) is 17.7 Å². The highest BCUT2D eigenvalue weighted by Gasteiger charge is 2.31. The average molecular weight is 495 g/mol. The van der Waals surface area contributed by atoms with Crippen LogP contribution in [-0.2, 0) is 21.2 Å². The van der Waals surface area contributed by atoms with Gasteiger partial charge in [-0.2, -0.15) is 0 Å². The van der Waals surface area contributed by atoms with Crippen molar-refractivity contribution in [1.29, 1.82) is 0 Å². The number of sulfonamides is 1. The minimum atomic E-state index is -4.77. The highest BCUT2D eigenvalue weighted by Crippen LogP contribution is 2.35. The number of ether oxygens (including phenoxy) is 2. The first kappa shape index (κ1) is 21.4. The van der Waals surface area contributed by atoms with Crippen molar-refractivity contribution in [2.75, 3.05) is 18.5 Å². The van der Waals surface area contributed by atoms with Crippen molar-refractivity contribution >= 4 is 37.5 Å². The molecule has 0 aromatic heterocycles. The van der Waals surface area contributed by atoms with Crippen LogP contribution in [0, 0.1) is 0 Å². The zero-order chi connectivity index (χ0) is 21.2. The number of amides is 1. The van der Waals surface area contributed by atoms with Crippen LogP contribution in [-0.4, -0.2) is 33.8 Å². The smallest absolute Gasteiger partial charge is 0.482 e. The molecule has 29 heavy (non-hydrogen) atoms. The number of carbonyl (C=O) groups is 1. The zero-order valence-corrected chi connectivity index (χ0v) is 16.9. The molecule has 0 saturated heterocycles. The highest BCUT2D eigenvalue weighted by molar-refractivity contribution is 9.10. The molecule has 0 unspecified atom stereocenters. The molecule has 2 N–H and O–H groups in total. The minimum absolute atomic E-state index is 0.0168. The van der Waals surface area contributed by atoms with Gasteiger partial charge in [-0.1, -0.05) is 12.1 Å². The summed E-state index contributed by atoms with van der Waals surface area (Å²) >= 11 is 3.17. The van der Waals surface area contributed by atoms with Gasteiger partial charge in [0.15, 0.2) is 6.61 Å². The Balaban J connectivity index is 1.64. The lowest BCUT2D eigenvalue weighted by atomic mass is 10.1. The van der Waals surface area contributed by atoms with Crippen molar-refractivity contribution in [3.8, 4) is 11.5 Å². The summed E-state index contributed by atoms with van der Waals surface area (Å²) in [5.74, 6) is -0.467. The van der Waals surface area contributed by atoms with Crippen LogP contribution in [0.2, 0.25) is 0 Å². The standard InChI is InChI=1S/C17H14BrF3N2O5S/c18-12-7-13-14(27-9-16(24)23-13)8-15(12)29(25,26)22-6-5-10-1-3-11(4-2-10)28-17(19,20)21/h1-4,7-8,22H,5-6,9H2,(H,23,24). The van der Waals surface area contributed by atoms with E-state index in [0.717, 1.165) is 12.1 Å². The number of rotatable bonds is 6. The van der Waals surface area contributed by atoms with E-state index < -0.39 is 16.4 Å². The third-order valence-electron chi connectivity index (χ3n) is 3.82. The Labute approximate surface area is 172 Å². The normalized spacial score (nSPS) is 14.0. The molecule has 0 saturated carbocycles. The summed E-state index contributed by atoms with van der Waals surface area (Å²) in [5, 5.41) is 2.57. The van der Waals surface area contributed by atoms with Crippen molar-refractivity contribution in [1.82, 2.24) is 4.72 Å². The third kappa shape index (κ3) is 5.61. The molecule has 2 aromatic carbocycles. The number of anilines is 1. The molecular weight excluding hydrogens is 481 g/mol. The van der Waals surface area contributed by atoms with Crippen LogP contribution < -0.4 is 19.5 Å². The zero-order valence-electron chi connectivity index (χ0n) is 14.5. The molecule has 1 aliphatic rings. The van der Waals surface area contributed by atoms with Gasteiger partial charge in [0, 0.05) is 17.1 Å². The van der Waals surface area contributed by atoms with Crippen LogP contribution in [0.1, 0.15) is 5.56 Å². The first-order valence-corrected chi connectivity index (χ1v) is 10.4. The Morgan fingerprint density at radius 1 is 1.21 bits per heavy atom. The van der Waals surface area contributed by atoms with Crippen molar-refractivity contribution in [3.05, 3.63) is 46.4 Å². The van der Waals surface area contributed by atoms with Crippen LogP contribution in [0.3, 0.4) is 0 Å². The summed E-state index contributed by atoms with van der Waals surface area (Å²) in [6, 6.07) is 7.87. The lowest BCUT2D eigenvalue weighted by molar-refractivity contribution is -0.274. The first-order chi connectivity index (χ1) is 13.5. The average Bonchev–Trinajstić information content (AvgIpc) is 2.61. The highest BCUT2D eigenvalue weighted by atomic mass is 79.9. The maximum Gasteiger partial charge on any atom is 0.573 e. The number of halogens is 4. The predicted molar refractivity (Wildman–Crippen MR) is 100 cm³/mol. The second-order valence-corrected chi connectivity index (χ2v) is 8.54. The lowest BCUT2D eigenvalue weighted by Crippen LogP contribution is -2.28. The SMILES string of the molecule is O=C1COc2cc(S(=O)(=O)NCCc3ccc(OC(F)(F)F)cc3)c(Br)cc2N1. The fourth-order valence-electron chi connectivity index (χ4n) is 2.55. The van der Waals surface area contributed by atoms with Gasteiger partial charge in [0.05, 0.1) is 10.6 Å². The summed E-state index contributed by atoms with van der Waals surface area (Å²) in [5.41, 5.74) is 0.978. The lowest BCUT2D eigenvalue weighted by Gasteiger charge is -2.19. The van der Waals surface area contributed by atoms with Gasteiger partial charge in [-0.05, 0) is 46.1 Å². The van der Waals surface area contributed by atoms with Crippen LogP contribution in [0.5, 0.6) is 11.5 Å². The van der Waals surface area contributed by atoms with Crippen molar-refractivity contribution in [2.24, 2.45) is 0 Å². The molecule has 1 heterocycles. The minimum Gasteiger partial charge on any atom is -0.482 e. The summed E-state index contributed by atoms with van der Waals surface area (Å²) < 4.78 is 73.3. The Morgan fingerprint density at radius 2 is 1.90 bits per heavy atom. The molecule has 0 bridgehead atoms. The molecule has 0 radical (unpaired) electrons. The molecule has 1 aliphatic heterocycles. The largest absolute Gasteiger partial charge is 0.573 e. The van der Waals surface area contributed by atoms with Crippen molar-refractivity contribution < 1.29 is 35.9 Å². The molecule has 156 valence electrons. The number of hydrogen-bond donors (Lipinski definition) is 2. The predicted octanol–water partition coefficient (Wildman–Crippen LogP) is 3.20. The van der Waals surface area contributed by atoms with Gasteiger partial charge in [-0.15, -0.1) is 13.2 Å². The number of carbonyl (C=O) groups excluding carboxylic acids is 1. The molecule has 0 aliphatic carbocycles. The third-order valence-corrected chi connectivity index (χ3v) is 6.24. The maximum absolute atomic E-state index is 12.6. The molecule has 0 atom stereocenters. The van der Waals surface area contributed by atoms with E-state index in [1.165, 1.54) is 24.3 Å². The Hall–Kier alpha value is -2.31. The van der Waals surface area contributed by atoms with Crippen LogP contribution in [0.25, 0.3) is 0 Å². The van der Waals surface area contributed by atoms with Crippen molar-refractivity contribution in [3.63, 3.8) is 0 Å². The monoisotopic (exact) mass is 494 g/mol. The van der Waals surface area contributed by atoms with E-state index in [1.807, 2.05) is 0 Å². The fraction of sp³-hybridized carbons (Fsp3) is 0.235. The second kappa shape index (κ2) is 8.20. The Morgan fingerprint density at radius 3 is 2.55 bits per heavy atom. The quantitative estimate of drug-likeness (QED) is 0.643. The van der Waals surface area contributed by atoms with Gasteiger partial charge < -0.3 is 14.8 Å². The van der Waals surface area contributed by atoms with Crippen LogP contribution >= 0.6 is 15.9 Å². The maximum atomic E-state index is 12.6. The molecule has 1 amide bonds. The second-order valence-electron chi connectivity index (χ2n) is 5.96. The van der Waals surface area contributed by atoms with E-state index in [1.54, 1.807) is 0 Å². The summed E-state index contributed by atoms with van der Waals surface area (Å²) in [6.07, 6.45) is -4.52. The van der Waals surface area contributed by atoms with E-state index in [-0.39, 0.29) is 46.3 Å². The van der Waals surface area contributed by atoms with E-state index in [9.17, 15) is 26.4 Å². The molecule has 3 rings (SSSR count). The van der Waals surface area contributed by atoms with Gasteiger partial charge in [0.25, 0.3) is 5.91 Å². The fourth-order valence-corrected chi connectivity index (χ4v) is 4.64. The number of alkyl halides is 3. The van der Waals surface area contributed by atoms with Gasteiger partial charge in [-0.3, -0.25) is 4.79 Å². The van der Waals surface area contributed by atoms with Crippen LogP contribution in [0.4, 0.5) is 18.9 Å². The number of hydrogen-bond acceptors (Lipinski definition) is 5. The van der Waals surface area contributed by atoms with E-state index in [0.29, 0.717) is 11.3 Å². The molecule has 0 spiro atoms. The Bertz CT molecular complexity index is 1030. The van der Waals surface area contributed by atoms with Gasteiger partial charge in [0.1, 0.15) is 11.5 Å². The molecule has 7 nitrogen and oxygen atoms in total. The molecule has 12 heteroatoms. The Kier molecular flexibility index (Phi) is 6.05. The van der Waals surface area contributed by atoms with Gasteiger partial charge in [0.2, 0.25) is 10.0 Å². The summed E-state index contributed by atoms with van der Waals surface area (Å²) in [4.78, 5) is 11.3. The van der Waals surface area contributed by atoms with E-state index >= 15 is 0 Å². The first-order valence-electron chi connectivity index (χ1n) is 8.14. The molecule has 2 aromatic rings. The van der Waals surface area contributed by atoms with Crippen LogP contribution in [0.15, 0.2) is 45.8 Å². The molecular formula is C17H14BrF3N2O5S. The summed E-state index contributed by atoms with van der Waals surface area (Å²) in [6.45, 7) is -0.196. The van der Waals surface area contributed by atoms with E-state index in [4.69, 9.17) is 4.74 Å². The molecule has 0 fully saturated rings. The summed E-state index contributed by atoms with van der Waals surface area (Å²) in [7, 11) is -3.90. The number of nitrogens with one attached hydrogen (secondary N) is 2.